The largest absolute Gasteiger partial charge is 0.375 e. The van der Waals surface area contributed by atoms with E-state index in [2.05, 4.69) is 44.8 Å². The number of rotatable bonds is 6. The van der Waals surface area contributed by atoms with Gasteiger partial charge in [0.25, 0.3) is 0 Å². The van der Waals surface area contributed by atoms with E-state index < -0.39 is 0 Å². The number of nitrogens with one attached hydrogen (secondary N) is 1. The lowest BCUT2D eigenvalue weighted by Gasteiger charge is -2.37. The fourth-order valence-corrected chi connectivity index (χ4v) is 3.87. The van der Waals surface area contributed by atoms with Crippen molar-refractivity contribution in [1.29, 1.82) is 0 Å². The molecule has 2 heterocycles. The number of ether oxygens (including phenoxy) is 2. The van der Waals surface area contributed by atoms with E-state index in [-0.39, 0.29) is 17.6 Å². The van der Waals surface area contributed by atoms with E-state index >= 15 is 0 Å². The maximum atomic E-state index is 5.97. The molecule has 0 aromatic rings. The third-order valence-electron chi connectivity index (χ3n) is 4.73. The Kier molecular flexibility index (Phi) is 7.35. The average molecular weight is 340 g/mol. The zero-order valence-corrected chi connectivity index (χ0v) is 16.3. The lowest BCUT2D eigenvalue weighted by Crippen LogP contribution is -2.53. The predicted octanol–water partition coefficient (Wildman–Crippen LogP) is 2.90. The molecule has 0 aliphatic carbocycles. The molecule has 0 aromatic heterocycles. The van der Waals surface area contributed by atoms with Gasteiger partial charge in [0, 0.05) is 32.8 Å². The van der Waals surface area contributed by atoms with Crippen LogP contribution in [0.2, 0.25) is 0 Å². The molecule has 2 aliphatic rings. The first-order valence-electron chi connectivity index (χ1n) is 9.68. The van der Waals surface area contributed by atoms with E-state index in [1.165, 1.54) is 6.42 Å². The van der Waals surface area contributed by atoms with Gasteiger partial charge < -0.3 is 19.7 Å². The van der Waals surface area contributed by atoms with Crippen molar-refractivity contribution >= 4 is 5.96 Å². The third kappa shape index (κ3) is 5.92. The second-order valence-corrected chi connectivity index (χ2v) is 8.34. The van der Waals surface area contributed by atoms with Gasteiger partial charge in [-0.15, -0.1) is 0 Å². The highest BCUT2D eigenvalue weighted by Crippen LogP contribution is 2.26. The highest BCUT2D eigenvalue weighted by molar-refractivity contribution is 5.80. The van der Waals surface area contributed by atoms with Crippen molar-refractivity contribution < 1.29 is 9.47 Å². The highest BCUT2D eigenvalue weighted by Gasteiger charge is 2.32. The van der Waals surface area contributed by atoms with Crippen LogP contribution in [0.15, 0.2) is 4.99 Å². The summed E-state index contributed by atoms with van der Waals surface area (Å²) in [6.45, 7) is 16.5. The van der Waals surface area contributed by atoms with Crippen LogP contribution in [0.3, 0.4) is 0 Å². The summed E-state index contributed by atoms with van der Waals surface area (Å²) in [5.74, 6) is 1.73. The van der Waals surface area contributed by atoms with Crippen molar-refractivity contribution in [3.63, 3.8) is 0 Å². The van der Waals surface area contributed by atoms with Crippen LogP contribution in [0.25, 0.3) is 0 Å². The first-order valence-corrected chi connectivity index (χ1v) is 9.68. The van der Waals surface area contributed by atoms with E-state index in [0.717, 1.165) is 58.2 Å². The van der Waals surface area contributed by atoms with Crippen molar-refractivity contribution in [3.05, 3.63) is 0 Å². The Labute approximate surface area is 148 Å². The monoisotopic (exact) mass is 339 g/mol. The molecular formula is C19H37N3O2. The second-order valence-electron chi connectivity index (χ2n) is 8.34. The standard InChI is InChI=1S/C19H37N3O2/c1-6-20-18(21-14-19(4,5)12-15(2)3)22-9-11-24-17(13-22)16-8-7-10-23-16/h15-17H,6-14H2,1-5H3,(H,20,21). The molecule has 2 unspecified atom stereocenters. The van der Waals surface area contributed by atoms with Gasteiger partial charge in [0.05, 0.1) is 12.7 Å². The third-order valence-corrected chi connectivity index (χ3v) is 4.73. The normalized spacial score (nSPS) is 26.2. The molecule has 2 aliphatic heterocycles. The summed E-state index contributed by atoms with van der Waals surface area (Å²) in [5.41, 5.74) is 0.231. The van der Waals surface area contributed by atoms with Crippen LogP contribution in [0.4, 0.5) is 0 Å². The van der Waals surface area contributed by atoms with Gasteiger partial charge in [0.15, 0.2) is 5.96 Å². The van der Waals surface area contributed by atoms with E-state index in [4.69, 9.17) is 14.5 Å². The Morgan fingerprint density at radius 2 is 2.00 bits per heavy atom. The zero-order chi connectivity index (χ0) is 17.6. The van der Waals surface area contributed by atoms with Crippen LogP contribution in [-0.4, -0.2) is 62.5 Å². The summed E-state index contributed by atoms with van der Waals surface area (Å²) in [5, 5.41) is 3.47. The van der Waals surface area contributed by atoms with Crippen LogP contribution >= 0.6 is 0 Å². The van der Waals surface area contributed by atoms with Gasteiger partial charge in [0.2, 0.25) is 0 Å². The van der Waals surface area contributed by atoms with Crippen molar-refractivity contribution in [1.82, 2.24) is 10.2 Å². The first-order chi connectivity index (χ1) is 11.4. The molecule has 0 bridgehead atoms. The fraction of sp³-hybridized carbons (Fsp3) is 0.947. The first kappa shape index (κ1) is 19.5. The molecule has 2 saturated heterocycles. The molecule has 2 fully saturated rings. The van der Waals surface area contributed by atoms with Crippen molar-refractivity contribution in [3.8, 4) is 0 Å². The Morgan fingerprint density at radius 3 is 2.62 bits per heavy atom. The molecule has 5 heteroatoms. The van der Waals surface area contributed by atoms with Crippen LogP contribution in [0.5, 0.6) is 0 Å². The summed E-state index contributed by atoms with van der Waals surface area (Å²) < 4.78 is 11.8. The minimum Gasteiger partial charge on any atom is -0.375 e. The van der Waals surface area contributed by atoms with Crippen LogP contribution in [-0.2, 0) is 9.47 Å². The molecule has 0 radical (unpaired) electrons. The van der Waals surface area contributed by atoms with Crippen LogP contribution in [0, 0.1) is 11.3 Å². The molecular weight excluding hydrogens is 302 g/mol. The van der Waals surface area contributed by atoms with Crippen LogP contribution < -0.4 is 5.32 Å². The van der Waals surface area contributed by atoms with Gasteiger partial charge in [-0.1, -0.05) is 27.7 Å². The predicted molar refractivity (Wildman–Crippen MR) is 99.5 cm³/mol. The summed E-state index contributed by atoms with van der Waals surface area (Å²) in [6, 6.07) is 0. The summed E-state index contributed by atoms with van der Waals surface area (Å²) in [4.78, 5) is 7.31. The number of hydrogen-bond acceptors (Lipinski definition) is 3. The molecule has 2 atom stereocenters. The van der Waals surface area contributed by atoms with E-state index in [0.29, 0.717) is 5.92 Å². The molecule has 0 spiro atoms. The van der Waals surface area contributed by atoms with Gasteiger partial charge in [-0.2, -0.15) is 0 Å². The number of hydrogen-bond donors (Lipinski definition) is 1. The smallest absolute Gasteiger partial charge is 0.194 e. The van der Waals surface area contributed by atoms with Crippen molar-refractivity contribution in [2.45, 2.75) is 66.1 Å². The van der Waals surface area contributed by atoms with E-state index in [1.807, 2.05) is 0 Å². The topological polar surface area (TPSA) is 46.1 Å². The molecule has 24 heavy (non-hydrogen) atoms. The Balaban J connectivity index is 1.98. The van der Waals surface area contributed by atoms with Gasteiger partial charge in [0.1, 0.15) is 6.10 Å². The number of aliphatic imine (C=N–C) groups is 1. The Hall–Kier alpha value is -0.810. The Morgan fingerprint density at radius 1 is 1.25 bits per heavy atom. The fourth-order valence-electron chi connectivity index (χ4n) is 3.87. The van der Waals surface area contributed by atoms with E-state index in [9.17, 15) is 0 Å². The van der Waals surface area contributed by atoms with Gasteiger partial charge in [-0.25, -0.2) is 0 Å². The average Bonchev–Trinajstić information content (AvgIpc) is 3.05. The number of guanidine groups is 1. The molecule has 0 aromatic carbocycles. The lowest BCUT2D eigenvalue weighted by atomic mass is 9.84. The minimum absolute atomic E-state index is 0.175. The Bertz CT molecular complexity index is 403. The van der Waals surface area contributed by atoms with Crippen LogP contribution in [0.1, 0.15) is 53.9 Å². The summed E-state index contributed by atoms with van der Waals surface area (Å²) in [7, 11) is 0. The maximum Gasteiger partial charge on any atom is 0.194 e. The van der Waals surface area contributed by atoms with Crippen molar-refractivity contribution in [2.75, 3.05) is 39.4 Å². The molecule has 140 valence electrons. The van der Waals surface area contributed by atoms with Crippen molar-refractivity contribution in [2.24, 2.45) is 16.3 Å². The van der Waals surface area contributed by atoms with E-state index in [1.54, 1.807) is 0 Å². The van der Waals surface area contributed by atoms with Gasteiger partial charge >= 0.3 is 0 Å². The number of nitrogens with zero attached hydrogens (tertiary/aromatic N) is 2. The number of morpholine rings is 1. The summed E-state index contributed by atoms with van der Waals surface area (Å²) >= 11 is 0. The second kappa shape index (κ2) is 9.04. The summed E-state index contributed by atoms with van der Waals surface area (Å²) in [6.07, 6.45) is 3.90. The molecule has 0 amide bonds. The highest BCUT2D eigenvalue weighted by atomic mass is 16.5. The lowest BCUT2D eigenvalue weighted by molar-refractivity contribution is -0.0817. The maximum absolute atomic E-state index is 5.97. The molecule has 2 rings (SSSR count). The van der Waals surface area contributed by atoms with Gasteiger partial charge in [-0.3, -0.25) is 4.99 Å². The SMILES string of the molecule is CCNC(=NCC(C)(C)CC(C)C)N1CCOC(C2CCCO2)C1. The zero-order valence-electron chi connectivity index (χ0n) is 16.3. The quantitative estimate of drug-likeness (QED) is 0.597. The molecule has 0 saturated carbocycles. The van der Waals surface area contributed by atoms with Gasteiger partial charge in [-0.05, 0) is 37.5 Å². The molecule has 1 N–H and O–H groups in total. The molecule has 5 nitrogen and oxygen atoms in total. The minimum atomic E-state index is 0.175.